The maximum absolute atomic E-state index is 12.4. The number of hydrogen-bond donors (Lipinski definition) is 2. The van der Waals surface area contributed by atoms with Crippen LogP contribution in [0.15, 0.2) is 42.6 Å². The molecule has 164 valence electrons. The number of hydrogen-bond acceptors (Lipinski definition) is 3. The van der Waals surface area contributed by atoms with Gasteiger partial charge in [-0.1, -0.05) is 30.7 Å². The summed E-state index contributed by atoms with van der Waals surface area (Å²) in [4.78, 5) is 15.4. The molecule has 1 aliphatic rings. The molecule has 0 unspecified atom stereocenters. The summed E-state index contributed by atoms with van der Waals surface area (Å²) in [7, 11) is -3.18. The van der Waals surface area contributed by atoms with Crippen molar-refractivity contribution in [1.29, 1.82) is 0 Å². The quantitative estimate of drug-likeness (QED) is 0.567. The van der Waals surface area contributed by atoms with Crippen LogP contribution in [0.4, 0.5) is 0 Å². The first-order valence-corrected chi connectivity index (χ1v) is 12.5. The van der Waals surface area contributed by atoms with Gasteiger partial charge in [0.25, 0.3) is 5.91 Å². The summed E-state index contributed by atoms with van der Waals surface area (Å²) in [6.07, 6.45) is 4.04. The van der Waals surface area contributed by atoms with Gasteiger partial charge in [0, 0.05) is 29.7 Å². The Kier molecular flexibility index (Phi) is 6.10. The lowest BCUT2D eigenvalue weighted by atomic mass is 9.88. The van der Waals surface area contributed by atoms with Crippen LogP contribution in [0.1, 0.15) is 48.0 Å². The van der Waals surface area contributed by atoms with E-state index in [1.54, 1.807) is 10.4 Å². The Balaban J connectivity index is 1.70. The van der Waals surface area contributed by atoms with Crippen LogP contribution in [-0.2, 0) is 10.0 Å². The van der Waals surface area contributed by atoms with Crippen molar-refractivity contribution in [3.8, 4) is 11.1 Å². The van der Waals surface area contributed by atoms with Crippen LogP contribution in [0.5, 0.6) is 0 Å². The minimum atomic E-state index is -3.18. The van der Waals surface area contributed by atoms with Crippen molar-refractivity contribution in [3.05, 3.63) is 58.7 Å². The van der Waals surface area contributed by atoms with Gasteiger partial charge < -0.3 is 10.7 Å². The molecule has 2 aromatic carbocycles. The van der Waals surface area contributed by atoms with Crippen LogP contribution in [0.25, 0.3) is 22.0 Å². The number of nitrogens with two attached hydrogens (primary N) is 1. The average Bonchev–Trinajstić information content (AvgIpc) is 3.17. The fourth-order valence-electron chi connectivity index (χ4n) is 4.43. The normalized spacial score (nSPS) is 16.1. The summed E-state index contributed by atoms with van der Waals surface area (Å²) in [5.41, 5.74) is 9.78. The number of aromatic nitrogens is 1. The predicted octanol–water partition coefficient (Wildman–Crippen LogP) is 4.51. The predicted molar refractivity (Wildman–Crippen MR) is 125 cm³/mol. The molecule has 4 rings (SSSR count). The fraction of sp³-hybridized carbons (Fsp3) is 0.348. The van der Waals surface area contributed by atoms with E-state index in [1.165, 1.54) is 0 Å². The van der Waals surface area contributed by atoms with E-state index in [-0.39, 0.29) is 11.7 Å². The smallest absolute Gasteiger partial charge is 0.250 e. The summed E-state index contributed by atoms with van der Waals surface area (Å²) < 4.78 is 26.4. The lowest BCUT2D eigenvalue weighted by Gasteiger charge is -2.31. The van der Waals surface area contributed by atoms with Gasteiger partial charge in [-0.3, -0.25) is 4.79 Å². The topological polar surface area (TPSA) is 96.3 Å². The summed E-state index contributed by atoms with van der Waals surface area (Å²) in [5.74, 6) is -0.0883. The highest BCUT2D eigenvalue weighted by atomic mass is 35.5. The first-order valence-electron chi connectivity index (χ1n) is 10.5. The summed E-state index contributed by atoms with van der Waals surface area (Å²) >= 11 is 6.02. The van der Waals surface area contributed by atoms with Crippen molar-refractivity contribution >= 4 is 38.4 Å². The number of aromatic amines is 1. The van der Waals surface area contributed by atoms with Crippen molar-refractivity contribution in [2.24, 2.45) is 5.73 Å². The number of sulfonamides is 1. The van der Waals surface area contributed by atoms with Gasteiger partial charge in [0.1, 0.15) is 0 Å². The van der Waals surface area contributed by atoms with Crippen LogP contribution < -0.4 is 5.73 Å². The number of nitrogens with one attached hydrogen (secondary N) is 1. The number of H-pyrrole nitrogens is 1. The highest BCUT2D eigenvalue weighted by Crippen LogP contribution is 2.37. The van der Waals surface area contributed by atoms with Gasteiger partial charge in [-0.25, -0.2) is 12.7 Å². The molecule has 8 heteroatoms. The molecule has 6 nitrogen and oxygen atoms in total. The Morgan fingerprint density at radius 1 is 1.16 bits per heavy atom. The van der Waals surface area contributed by atoms with Crippen molar-refractivity contribution in [1.82, 2.24) is 9.29 Å². The number of amides is 1. The average molecular weight is 460 g/mol. The van der Waals surface area contributed by atoms with Gasteiger partial charge in [0.2, 0.25) is 10.0 Å². The third kappa shape index (κ3) is 4.35. The second-order valence-electron chi connectivity index (χ2n) is 8.05. The molecule has 0 spiro atoms. The van der Waals surface area contributed by atoms with Crippen molar-refractivity contribution in [2.45, 2.75) is 32.1 Å². The molecular weight excluding hydrogens is 434 g/mol. The Labute approximate surface area is 187 Å². The number of fused-ring (bicyclic) bond motifs is 1. The van der Waals surface area contributed by atoms with E-state index >= 15 is 0 Å². The molecule has 2 heterocycles. The maximum Gasteiger partial charge on any atom is 0.250 e. The van der Waals surface area contributed by atoms with E-state index in [9.17, 15) is 13.2 Å². The Morgan fingerprint density at radius 3 is 2.45 bits per heavy atom. The summed E-state index contributed by atoms with van der Waals surface area (Å²) in [6, 6.07) is 11.3. The minimum absolute atomic E-state index is 0.192. The highest BCUT2D eigenvalue weighted by molar-refractivity contribution is 7.89. The summed E-state index contributed by atoms with van der Waals surface area (Å²) in [5, 5.41) is 1.60. The third-order valence-electron chi connectivity index (χ3n) is 6.01. The summed E-state index contributed by atoms with van der Waals surface area (Å²) in [6.45, 7) is 2.91. The molecule has 31 heavy (non-hydrogen) atoms. The molecule has 3 aromatic rings. The van der Waals surface area contributed by atoms with Gasteiger partial charge in [0.15, 0.2) is 0 Å². The molecule has 1 aliphatic heterocycles. The molecule has 0 saturated carbocycles. The number of benzene rings is 2. The number of piperidine rings is 1. The first kappa shape index (κ1) is 21.9. The number of carbonyl (C=O) groups excluding carboxylic acids is 1. The van der Waals surface area contributed by atoms with Gasteiger partial charge in [-0.15, -0.1) is 0 Å². The molecule has 1 fully saturated rings. The van der Waals surface area contributed by atoms with Crippen molar-refractivity contribution in [3.63, 3.8) is 0 Å². The number of rotatable bonds is 6. The van der Waals surface area contributed by atoms with Crippen LogP contribution in [0, 0.1) is 0 Å². The van der Waals surface area contributed by atoms with Crippen molar-refractivity contribution in [2.75, 3.05) is 18.8 Å². The van der Waals surface area contributed by atoms with Crippen molar-refractivity contribution < 1.29 is 13.2 Å². The fourth-order valence-corrected chi connectivity index (χ4v) is 6.09. The van der Waals surface area contributed by atoms with Crippen LogP contribution >= 0.6 is 11.6 Å². The minimum Gasteiger partial charge on any atom is -0.366 e. The highest BCUT2D eigenvalue weighted by Gasteiger charge is 2.29. The molecule has 3 N–H and O–H groups in total. The van der Waals surface area contributed by atoms with Crippen LogP contribution in [-0.4, -0.2) is 42.5 Å². The van der Waals surface area contributed by atoms with Gasteiger partial charge >= 0.3 is 0 Å². The first-order chi connectivity index (χ1) is 14.8. The second kappa shape index (κ2) is 8.65. The molecular formula is C23H26ClN3O3S. The van der Waals surface area contributed by atoms with E-state index in [0.29, 0.717) is 30.1 Å². The lowest BCUT2D eigenvalue weighted by Crippen LogP contribution is -2.39. The maximum atomic E-state index is 12.4. The molecule has 0 bridgehead atoms. The number of carbonyl (C=O) groups is 1. The van der Waals surface area contributed by atoms with Gasteiger partial charge in [0.05, 0.1) is 16.8 Å². The third-order valence-corrected chi connectivity index (χ3v) is 8.34. The largest absolute Gasteiger partial charge is 0.366 e. The Morgan fingerprint density at radius 2 is 1.84 bits per heavy atom. The number of halogens is 1. The van der Waals surface area contributed by atoms with Crippen LogP contribution in [0.3, 0.4) is 0 Å². The van der Waals surface area contributed by atoms with E-state index < -0.39 is 15.9 Å². The monoisotopic (exact) mass is 459 g/mol. The zero-order valence-electron chi connectivity index (χ0n) is 17.4. The SMILES string of the molecule is CCCS(=O)(=O)N1CCC(c2c[nH]c3c(C(N)=O)cc(-c4ccc(Cl)cc4)cc23)CC1. The molecule has 1 saturated heterocycles. The standard InChI is InChI=1S/C23H26ClN3O3S/c1-2-11-31(29,30)27-9-7-16(8-10-27)21-14-26-22-19(21)12-17(13-20(22)23(25)28)15-3-5-18(24)6-4-15/h3-6,12-14,16,26H,2,7-11H2,1H3,(H2,25,28). The number of nitrogens with zero attached hydrogens (tertiary/aromatic N) is 1. The van der Waals surface area contributed by atoms with Gasteiger partial charge in [-0.2, -0.15) is 0 Å². The van der Waals surface area contributed by atoms with Crippen LogP contribution in [0.2, 0.25) is 5.02 Å². The van der Waals surface area contributed by atoms with E-state index in [1.807, 2.05) is 37.4 Å². The molecule has 0 radical (unpaired) electrons. The molecule has 0 atom stereocenters. The lowest BCUT2D eigenvalue weighted by molar-refractivity contribution is 0.100. The molecule has 0 aliphatic carbocycles. The zero-order valence-corrected chi connectivity index (χ0v) is 19.0. The van der Waals surface area contributed by atoms with Gasteiger partial charge in [-0.05, 0) is 66.1 Å². The Bertz CT molecular complexity index is 1210. The molecule has 1 aromatic heterocycles. The number of primary amides is 1. The molecule has 1 amide bonds. The second-order valence-corrected chi connectivity index (χ2v) is 10.6. The Hall–Kier alpha value is -2.35. The van der Waals surface area contributed by atoms with E-state index in [2.05, 4.69) is 11.1 Å². The van der Waals surface area contributed by atoms with E-state index in [4.69, 9.17) is 17.3 Å². The van der Waals surface area contributed by atoms with E-state index in [0.717, 1.165) is 40.4 Å². The zero-order chi connectivity index (χ0) is 22.2.